The molecule has 138 valence electrons. The van der Waals surface area contributed by atoms with Gasteiger partial charge in [0.1, 0.15) is 0 Å². The average Bonchev–Trinajstić information content (AvgIpc) is 3.18. The Kier molecular flexibility index (Phi) is 5.17. The van der Waals surface area contributed by atoms with E-state index in [9.17, 15) is 4.79 Å². The van der Waals surface area contributed by atoms with E-state index in [2.05, 4.69) is 9.88 Å². The largest absolute Gasteiger partial charge is 0.439 e. The summed E-state index contributed by atoms with van der Waals surface area (Å²) in [7, 11) is 0. The molecular weight excluding hydrogens is 332 g/mol. The Morgan fingerprint density at radius 2 is 1.65 bits per heavy atom. The Hall–Kier alpha value is -2.38. The van der Waals surface area contributed by atoms with Crippen molar-refractivity contribution in [3.63, 3.8) is 0 Å². The summed E-state index contributed by atoms with van der Waals surface area (Å²) in [5, 5.41) is 0. The van der Waals surface area contributed by atoms with Crippen LogP contribution in [0.5, 0.6) is 0 Å². The number of morpholine rings is 1. The number of rotatable bonds is 3. The van der Waals surface area contributed by atoms with Crippen LogP contribution in [0.2, 0.25) is 0 Å². The Balaban J connectivity index is 1.29. The second-order valence-electron chi connectivity index (χ2n) is 6.63. The Morgan fingerprint density at radius 1 is 0.962 bits per heavy atom. The molecule has 1 aromatic heterocycles. The van der Waals surface area contributed by atoms with E-state index < -0.39 is 0 Å². The molecular formula is C19H24N4O3. The van der Waals surface area contributed by atoms with Gasteiger partial charge in [0.2, 0.25) is 5.89 Å². The van der Waals surface area contributed by atoms with Gasteiger partial charge in [-0.25, -0.2) is 9.78 Å². The number of benzene rings is 1. The molecule has 1 aromatic carbocycles. The number of hydrogen-bond acceptors (Lipinski definition) is 5. The van der Waals surface area contributed by atoms with Gasteiger partial charge in [-0.1, -0.05) is 30.3 Å². The lowest BCUT2D eigenvalue weighted by molar-refractivity contribution is 0.0368. The number of carbonyl (C=O) groups excluding carboxylic acids is 1. The van der Waals surface area contributed by atoms with Crippen LogP contribution in [0.1, 0.15) is 5.89 Å². The molecule has 2 amide bonds. The molecule has 0 spiro atoms. The van der Waals surface area contributed by atoms with Crippen LogP contribution in [-0.4, -0.2) is 78.2 Å². The van der Waals surface area contributed by atoms with Crippen LogP contribution in [-0.2, 0) is 11.3 Å². The molecule has 0 atom stereocenters. The van der Waals surface area contributed by atoms with E-state index in [0.29, 0.717) is 32.8 Å². The minimum atomic E-state index is 0.135. The third-order valence-corrected chi connectivity index (χ3v) is 4.90. The highest BCUT2D eigenvalue weighted by Gasteiger charge is 2.26. The first-order chi connectivity index (χ1) is 12.8. The van der Waals surface area contributed by atoms with Crippen molar-refractivity contribution in [2.45, 2.75) is 6.54 Å². The van der Waals surface area contributed by atoms with E-state index >= 15 is 0 Å². The molecule has 2 fully saturated rings. The van der Waals surface area contributed by atoms with Gasteiger partial charge >= 0.3 is 6.03 Å². The van der Waals surface area contributed by atoms with Crippen molar-refractivity contribution in [1.29, 1.82) is 0 Å². The SMILES string of the molecule is O=C(N1CCOCC1)N1CCN(Cc2ncc(-c3ccccc3)o2)CC1. The number of piperazine rings is 1. The van der Waals surface area contributed by atoms with Crippen LogP contribution in [0.3, 0.4) is 0 Å². The van der Waals surface area contributed by atoms with Gasteiger partial charge in [0.25, 0.3) is 0 Å². The number of aromatic nitrogens is 1. The number of carbonyl (C=O) groups is 1. The summed E-state index contributed by atoms with van der Waals surface area (Å²) >= 11 is 0. The molecule has 2 aliphatic rings. The predicted molar refractivity (Wildman–Crippen MR) is 96.6 cm³/mol. The molecule has 2 saturated heterocycles. The smallest absolute Gasteiger partial charge is 0.320 e. The lowest BCUT2D eigenvalue weighted by Gasteiger charge is -2.38. The van der Waals surface area contributed by atoms with Gasteiger partial charge in [-0.05, 0) is 0 Å². The van der Waals surface area contributed by atoms with Crippen molar-refractivity contribution >= 4 is 6.03 Å². The summed E-state index contributed by atoms with van der Waals surface area (Å²) in [5.41, 5.74) is 1.03. The predicted octanol–water partition coefficient (Wildman–Crippen LogP) is 1.91. The molecule has 4 rings (SSSR count). The first-order valence-corrected chi connectivity index (χ1v) is 9.14. The van der Waals surface area contributed by atoms with Gasteiger partial charge in [-0.15, -0.1) is 0 Å². The number of urea groups is 1. The maximum atomic E-state index is 12.5. The fraction of sp³-hybridized carbons (Fsp3) is 0.474. The topological polar surface area (TPSA) is 62.1 Å². The van der Waals surface area contributed by atoms with Gasteiger partial charge in [0, 0.05) is 44.8 Å². The van der Waals surface area contributed by atoms with E-state index in [1.807, 2.05) is 40.1 Å². The van der Waals surface area contributed by atoms with Crippen LogP contribution in [0.25, 0.3) is 11.3 Å². The standard InChI is InChI=1S/C19H24N4O3/c24-19(23-10-12-25-13-11-23)22-8-6-21(7-9-22)15-18-20-14-17(26-18)16-4-2-1-3-5-16/h1-5,14H,6-13,15H2. The van der Waals surface area contributed by atoms with E-state index in [0.717, 1.165) is 43.4 Å². The number of amides is 2. The second-order valence-corrected chi connectivity index (χ2v) is 6.63. The first-order valence-electron chi connectivity index (χ1n) is 9.14. The fourth-order valence-electron chi connectivity index (χ4n) is 3.36. The van der Waals surface area contributed by atoms with Crippen LogP contribution in [0.4, 0.5) is 4.79 Å². The normalized spacial score (nSPS) is 18.9. The van der Waals surface area contributed by atoms with E-state index in [1.54, 1.807) is 6.20 Å². The maximum absolute atomic E-state index is 12.5. The Bertz CT molecular complexity index is 719. The van der Waals surface area contributed by atoms with E-state index in [1.165, 1.54) is 0 Å². The quantitative estimate of drug-likeness (QED) is 0.841. The van der Waals surface area contributed by atoms with Crippen LogP contribution in [0.15, 0.2) is 40.9 Å². The third kappa shape index (κ3) is 3.89. The maximum Gasteiger partial charge on any atom is 0.320 e. The highest BCUT2D eigenvalue weighted by atomic mass is 16.5. The summed E-state index contributed by atoms with van der Waals surface area (Å²) in [6, 6.07) is 10.1. The average molecular weight is 356 g/mol. The molecule has 7 nitrogen and oxygen atoms in total. The van der Waals surface area contributed by atoms with Gasteiger partial charge < -0.3 is 19.0 Å². The zero-order valence-electron chi connectivity index (χ0n) is 14.8. The van der Waals surface area contributed by atoms with Crippen molar-refractivity contribution < 1.29 is 13.9 Å². The molecule has 0 unspecified atom stereocenters. The van der Waals surface area contributed by atoms with Crippen molar-refractivity contribution in [3.8, 4) is 11.3 Å². The monoisotopic (exact) mass is 356 g/mol. The highest BCUT2D eigenvalue weighted by molar-refractivity contribution is 5.74. The molecule has 3 heterocycles. The first kappa shape index (κ1) is 17.1. The van der Waals surface area contributed by atoms with Gasteiger partial charge in [-0.3, -0.25) is 4.90 Å². The number of nitrogens with zero attached hydrogens (tertiary/aromatic N) is 4. The second kappa shape index (κ2) is 7.88. The molecule has 0 N–H and O–H groups in total. The number of hydrogen-bond donors (Lipinski definition) is 0. The van der Waals surface area contributed by atoms with Gasteiger partial charge in [-0.2, -0.15) is 0 Å². The summed E-state index contributed by atoms with van der Waals surface area (Å²) in [6.45, 7) is 6.48. The van der Waals surface area contributed by atoms with Gasteiger partial charge in [0.05, 0.1) is 26.0 Å². The van der Waals surface area contributed by atoms with E-state index in [-0.39, 0.29) is 6.03 Å². The van der Waals surface area contributed by atoms with Gasteiger partial charge in [0.15, 0.2) is 5.76 Å². The molecule has 0 radical (unpaired) electrons. The zero-order chi connectivity index (χ0) is 17.8. The van der Waals surface area contributed by atoms with Crippen molar-refractivity contribution in [2.75, 3.05) is 52.5 Å². The van der Waals surface area contributed by atoms with Crippen LogP contribution >= 0.6 is 0 Å². The number of oxazole rings is 1. The van der Waals surface area contributed by atoms with Crippen molar-refractivity contribution in [3.05, 3.63) is 42.4 Å². The molecule has 2 aromatic rings. The fourth-order valence-corrected chi connectivity index (χ4v) is 3.36. The molecule has 0 aliphatic carbocycles. The van der Waals surface area contributed by atoms with Crippen LogP contribution < -0.4 is 0 Å². The van der Waals surface area contributed by atoms with E-state index in [4.69, 9.17) is 9.15 Å². The summed E-state index contributed by atoms with van der Waals surface area (Å²) < 4.78 is 11.2. The molecule has 0 bridgehead atoms. The molecule has 26 heavy (non-hydrogen) atoms. The minimum Gasteiger partial charge on any atom is -0.439 e. The van der Waals surface area contributed by atoms with Crippen molar-refractivity contribution in [2.24, 2.45) is 0 Å². The summed E-state index contributed by atoms with van der Waals surface area (Å²) in [6.07, 6.45) is 1.78. The Labute approximate surface area is 153 Å². The number of ether oxygens (including phenoxy) is 1. The minimum absolute atomic E-state index is 0.135. The lowest BCUT2D eigenvalue weighted by atomic mass is 10.2. The highest BCUT2D eigenvalue weighted by Crippen LogP contribution is 2.20. The van der Waals surface area contributed by atoms with Crippen LogP contribution in [0, 0.1) is 0 Å². The summed E-state index contributed by atoms with van der Waals surface area (Å²) in [5.74, 6) is 1.51. The molecule has 0 saturated carbocycles. The molecule has 2 aliphatic heterocycles. The Morgan fingerprint density at radius 3 is 2.38 bits per heavy atom. The lowest BCUT2D eigenvalue weighted by Crippen LogP contribution is -2.54. The zero-order valence-corrected chi connectivity index (χ0v) is 14.8. The summed E-state index contributed by atoms with van der Waals surface area (Å²) in [4.78, 5) is 23.0. The van der Waals surface area contributed by atoms with Crippen molar-refractivity contribution in [1.82, 2.24) is 19.7 Å². The third-order valence-electron chi connectivity index (χ3n) is 4.90. The molecule has 7 heteroatoms.